The Hall–Kier alpha value is -2.79. The predicted octanol–water partition coefficient (Wildman–Crippen LogP) is 6.66. The Morgan fingerprint density at radius 2 is 1.50 bits per heavy atom. The molecule has 0 N–H and O–H groups in total. The van der Waals surface area contributed by atoms with Gasteiger partial charge >= 0.3 is 6.18 Å². The maximum Gasteiger partial charge on any atom is 0.416 e. The largest absolute Gasteiger partial charge is 0.486 e. The molecule has 0 saturated carbocycles. The first-order valence-electron chi connectivity index (χ1n) is 9.94. The molecule has 2 nitrogen and oxygen atoms in total. The van der Waals surface area contributed by atoms with Crippen molar-refractivity contribution >= 4 is 0 Å². The summed E-state index contributed by atoms with van der Waals surface area (Å²) in [6.07, 6.45) is -3.89. The van der Waals surface area contributed by atoms with Gasteiger partial charge in [0.25, 0.3) is 0 Å². The van der Waals surface area contributed by atoms with Crippen LogP contribution in [0.5, 0.6) is 5.75 Å². The van der Waals surface area contributed by atoms with Crippen LogP contribution in [0.3, 0.4) is 0 Å². The van der Waals surface area contributed by atoms with E-state index in [2.05, 4.69) is 24.1 Å². The zero-order valence-corrected chi connectivity index (χ0v) is 17.2. The van der Waals surface area contributed by atoms with E-state index >= 15 is 0 Å². The fourth-order valence-corrected chi connectivity index (χ4v) is 3.27. The van der Waals surface area contributed by atoms with Crippen LogP contribution in [0.1, 0.15) is 34.8 Å². The number of benzene rings is 3. The predicted molar refractivity (Wildman–Crippen MR) is 113 cm³/mol. The second-order valence-electron chi connectivity index (χ2n) is 7.55. The zero-order chi connectivity index (χ0) is 21.6. The van der Waals surface area contributed by atoms with Gasteiger partial charge in [0, 0.05) is 19.5 Å². The summed E-state index contributed by atoms with van der Waals surface area (Å²) in [5, 5.41) is 0. The number of aryl methyl sites for hydroxylation is 1. The maximum atomic E-state index is 12.8. The fourth-order valence-electron chi connectivity index (χ4n) is 3.27. The number of hydrogen-bond donors (Lipinski definition) is 0. The van der Waals surface area contributed by atoms with Crippen molar-refractivity contribution < 1.29 is 17.9 Å². The number of nitrogens with zero attached hydrogens (tertiary/aromatic N) is 1. The third kappa shape index (κ3) is 6.36. The van der Waals surface area contributed by atoms with E-state index in [1.165, 1.54) is 17.7 Å². The molecule has 0 aliphatic carbocycles. The zero-order valence-electron chi connectivity index (χ0n) is 17.2. The lowest BCUT2D eigenvalue weighted by Gasteiger charge is -2.24. The summed E-state index contributed by atoms with van der Waals surface area (Å²) in [5.74, 6) is 0.430. The van der Waals surface area contributed by atoms with Crippen LogP contribution in [-0.2, 0) is 12.7 Å². The second kappa shape index (κ2) is 9.81. The average molecular weight is 413 g/mol. The molecule has 0 saturated heterocycles. The Kier molecular flexibility index (Phi) is 7.16. The smallest absolute Gasteiger partial charge is 0.416 e. The van der Waals surface area contributed by atoms with Crippen LogP contribution in [0.15, 0.2) is 78.9 Å². The number of hydrogen-bond acceptors (Lipinski definition) is 2. The van der Waals surface area contributed by atoms with Crippen LogP contribution < -0.4 is 4.74 Å². The van der Waals surface area contributed by atoms with Gasteiger partial charge in [-0.05, 0) is 49.4 Å². The molecule has 0 spiro atoms. The van der Waals surface area contributed by atoms with Gasteiger partial charge in [-0.15, -0.1) is 0 Å². The van der Waals surface area contributed by atoms with Gasteiger partial charge in [0.2, 0.25) is 0 Å². The minimum absolute atomic E-state index is 0.249. The van der Waals surface area contributed by atoms with Crippen molar-refractivity contribution in [3.8, 4) is 5.75 Å². The SMILES string of the molecule is Cc1ccc(C(CCN(C)Cc2ccccc2)Oc2ccc(C(F)(F)F)cc2)cc1. The van der Waals surface area contributed by atoms with Crippen molar-refractivity contribution in [2.75, 3.05) is 13.6 Å². The summed E-state index contributed by atoms with van der Waals surface area (Å²) < 4.78 is 44.6. The Bertz CT molecular complexity index is 906. The van der Waals surface area contributed by atoms with Gasteiger partial charge in [0.15, 0.2) is 0 Å². The lowest BCUT2D eigenvalue weighted by atomic mass is 10.0. The molecule has 0 fully saturated rings. The third-order valence-corrected chi connectivity index (χ3v) is 4.98. The Morgan fingerprint density at radius 3 is 2.10 bits per heavy atom. The van der Waals surface area contributed by atoms with Crippen LogP contribution in [0.4, 0.5) is 13.2 Å². The van der Waals surface area contributed by atoms with E-state index in [4.69, 9.17) is 4.74 Å². The molecule has 158 valence electrons. The number of halogens is 3. The molecule has 3 aromatic rings. The number of rotatable bonds is 8. The molecule has 3 aromatic carbocycles. The molecule has 1 atom stereocenters. The van der Waals surface area contributed by atoms with Crippen LogP contribution >= 0.6 is 0 Å². The average Bonchev–Trinajstić information content (AvgIpc) is 2.72. The molecule has 3 rings (SSSR count). The van der Waals surface area contributed by atoms with Crippen LogP contribution in [0.2, 0.25) is 0 Å². The van der Waals surface area contributed by atoms with Crippen LogP contribution in [-0.4, -0.2) is 18.5 Å². The van der Waals surface area contributed by atoms with E-state index < -0.39 is 11.7 Å². The Balaban J connectivity index is 1.69. The Labute approximate surface area is 175 Å². The first kappa shape index (κ1) is 21.9. The van der Waals surface area contributed by atoms with E-state index in [1.807, 2.05) is 49.4 Å². The number of ether oxygens (including phenoxy) is 1. The Morgan fingerprint density at radius 1 is 0.867 bits per heavy atom. The molecule has 0 bridgehead atoms. The summed E-state index contributed by atoms with van der Waals surface area (Å²) >= 11 is 0. The highest BCUT2D eigenvalue weighted by Gasteiger charge is 2.30. The topological polar surface area (TPSA) is 12.5 Å². The van der Waals surface area contributed by atoms with E-state index in [0.717, 1.165) is 36.3 Å². The third-order valence-electron chi connectivity index (χ3n) is 4.98. The second-order valence-corrected chi connectivity index (χ2v) is 7.55. The van der Waals surface area contributed by atoms with E-state index in [1.54, 1.807) is 0 Å². The van der Waals surface area contributed by atoms with E-state index in [-0.39, 0.29) is 6.10 Å². The van der Waals surface area contributed by atoms with Gasteiger partial charge in [0.05, 0.1) is 5.56 Å². The summed E-state index contributed by atoms with van der Waals surface area (Å²) in [6, 6.07) is 23.2. The van der Waals surface area contributed by atoms with E-state index in [9.17, 15) is 13.2 Å². The monoisotopic (exact) mass is 413 g/mol. The first-order chi connectivity index (χ1) is 14.3. The van der Waals surface area contributed by atoms with Gasteiger partial charge < -0.3 is 9.64 Å². The quantitative estimate of drug-likeness (QED) is 0.410. The van der Waals surface area contributed by atoms with Crippen molar-refractivity contribution in [1.29, 1.82) is 0 Å². The minimum atomic E-state index is -4.35. The molecular weight excluding hydrogens is 387 g/mol. The van der Waals surface area contributed by atoms with Gasteiger partial charge in [-0.1, -0.05) is 60.2 Å². The molecule has 0 amide bonds. The molecule has 1 unspecified atom stereocenters. The molecule has 0 aliphatic rings. The van der Waals surface area contributed by atoms with Gasteiger partial charge in [-0.3, -0.25) is 0 Å². The molecule has 0 heterocycles. The summed E-state index contributed by atoms with van der Waals surface area (Å²) in [4.78, 5) is 2.21. The van der Waals surface area contributed by atoms with Crippen molar-refractivity contribution in [2.45, 2.75) is 32.2 Å². The van der Waals surface area contributed by atoms with Crippen molar-refractivity contribution in [3.63, 3.8) is 0 Å². The number of alkyl halides is 3. The van der Waals surface area contributed by atoms with Gasteiger partial charge in [-0.2, -0.15) is 13.2 Å². The molecular formula is C25H26F3NO. The van der Waals surface area contributed by atoms with Crippen molar-refractivity contribution in [2.24, 2.45) is 0 Å². The molecule has 30 heavy (non-hydrogen) atoms. The summed E-state index contributed by atoms with van der Waals surface area (Å²) in [5.41, 5.74) is 2.71. The highest BCUT2D eigenvalue weighted by Crippen LogP contribution is 2.32. The summed E-state index contributed by atoms with van der Waals surface area (Å²) in [6.45, 7) is 3.62. The molecule has 5 heteroatoms. The lowest BCUT2D eigenvalue weighted by molar-refractivity contribution is -0.137. The maximum absolute atomic E-state index is 12.8. The lowest BCUT2D eigenvalue weighted by Crippen LogP contribution is -2.22. The van der Waals surface area contributed by atoms with Crippen molar-refractivity contribution in [1.82, 2.24) is 4.90 Å². The minimum Gasteiger partial charge on any atom is -0.486 e. The molecule has 0 aliphatic heterocycles. The van der Waals surface area contributed by atoms with Gasteiger partial charge in [0.1, 0.15) is 11.9 Å². The normalized spacial score (nSPS) is 12.7. The molecule has 0 aromatic heterocycles. The van der Waals surface area contributed by atoms with E-state index in [0.29, 0.717) is 12.2 Å². The molecule has 0 radical (unpaired) electrons. The first-order valence-corrected chi connectivity index (χ1v) is 9.94. The van der Waals surface area contributed by atoms with Crippen LogP contribution in [0, 0.1) is 6.92 Å². The van der Waals surface area contributed by atoms with Crippen molar-refractivity contribution in [3.05, 3.63) is 101 Å². The fraction of sp³-hybridized carbons (Fsp3) is 0.280. The highest BCUT2D eigenvalue weighted by atomic mass is 19.4. The summed E-state index contributed by atoms with van der Waals surface area (Å²) in [7, 11) is 2.05. The highest BCUT2D eigenvalue weighted by molar-refractivity contribution is 5.30. The van der Waals surface area contributed by atoms with Gasteiger partial charge in [-0.25, -0.2) is 0 Å². The standard InChI is InChI=1S/C25H26F3NO/c1-19-8-10-21(11-9-19)24(16-17-29(2)18-20-6-4-3-5-7-20)30-23-14-12-22(13-15-23)25(26,27)28/h3-15,24H,16-18H2,1-2H3. The van der Waals surface area contributed by atoms with Crippen LogP contribution in [0.25, 0.3) is 0 Å².